The lowest BCUT2D eigenvalue weighted by atomic mass is 10.0. The zero-order valence-electron chi connectivity index (χ0n) is 18.9. The number of nitrogens with zero attached hydrogens (tertiary/aromatic N) is 2. The van der Waals surface area contributed by atoms with Crippen LogP contribution in [-0.4, -0.2) is 47.9 Å². The minimum Gasteiger partial charge on any atom is -0.491 e. The maximum absolute atomic E-state index is 13.5. The van der Waals surface area contributed by atoms with Crippen LogP contribution in [0.1, 0.15) is 40.2 Å². The Morgan fingerprint density at radius 3 is 2.59 bits per heavy atom. The van der Waals surface area contributed by atoms with Crippen molar-refractivity contribution in [3.05, 3.63) is 86.8 Å². The van der Waals surface area contributed by atoms with Gasteiger partial charge in [0.05, 0.1) is 6.04 Å². The summed E-state index contributed by atoms with van der Waals surface area (Å²) in [7, 11) is 0. The van der Waals surface area contributed by atoms with E-state index in [0.29, 0.717) is 42.5 Å². The molecule has 2 aromatic carbocycles. The van der Waals surface area contributed by atoms with Crippen molar-refractivity contribution in [3.8, 4) is 5.75 Å². The number of amides is 2. The van der Waals surface area contributed by atoms with Crippen molar-refractivity contribution in [1.29, 1.82) is 0 Å². The molecule has 1 atom stereocenters. The Hall–Kier alpha value is -2.90. The maximum atomic E-state index is 13.5. The lowest BCUT2D eigenvalue weighted by Crippen LogP contribution is -2.48. The van der Waals surface area contributed by atoms with E-state index in [1.54, 1.807) is 35.6 Å². The van der Waals surface area contributed by atoms with Gasteiger partial charge >= 0.3 is 0 Å². The highest BCUT2D eigenvalue weighted by Crippen LogP contribution is 2.34. The zero-order chi connectivity index (χ0) is 24.1. The van der Waals surface area contributed by atoms with Gasteiger partial charge in [-0.05, 0) is 78.4 Å². The van der Waals surface area contributed by atoms with Crippen molar-refractivity contribution in [2.75, 3.05) is 26.2 Å². The fourth-order valence-electron chi connectivity index (χ4n) is 4.13. The summed E-state index contributed by atoms with van der Waals surface area (Å²) in [5.74, 6) is -0.140. The predicted octanol–water partition coefficient (Wildman–Crippen LogP) is 5.60. The highest BCUT2D eigenvalue weighted by atomic mass is 35.5. The van der Waals surface area contributed by atoms with Crippen LogP contribution in [0.25, 0.3) is 0 Å². The van der Waals surface area contributed by atoms with E-state index in [4.69, 9.17) is 16.3 Å². The fourth-order valence-corrected chi connectivity index (χ4v) is 5.19. The standard InChI is InChI=1S/C26H26ClFN2O3S/c1-2-13-29(26(32)18-3-7-20(28)8-4-18)16-25(31)30-14-11-24-22(12-15-34-24)23(30)17-33-21-9-5-19(27)6-10-21/h3-10,12,15,23H,2,11,13-14,16-17H2,1H3/t23-/m1/s1. The van der Waals surface area contributed by atoms with Gasteiger partial charge in [0, 0.05) is 28.6 Å². The van der Waals surface area contributed by atoms with Gasteiger partial charge in [0.25, 0.3) is 5.91 Å². The number of hydrogen-bond acceptors (Lipinski definition) is 4. The molecule has 178 valence electrons. The SMILES string of the molecule is CCCN(CC(=O)N1CCc2sccc2[C@H]1COc1ccc(Cl)cc1)C(=O)c1ccc(F)cc1. The van der Waals surface area contributed by atoms with E-state index in [1.807, 2.05) is 23.3 Å². The first-order valence-electron chi connectivity index (χ1n) is 11.2. The van der Waals surface area contributed by atoms with Crippen LogP contribution in [0.4, 0.5) is 4.39 Å². The van der Waals surface area contributed by atoms with Crippen LogP contribution >= 0.6 is 22.9 Å². The number of carbonyl (C=O) groups excluding carboxylic acids is 2. The smallest absolute Gasteiger partial charge is 0.254 e. The first kappa shape index (κ1) is 24.2. The highest BCUT2D eigenvalue weighted by molar-refractivity contribution is 7.10. The molecule has 34 heavy (non-hydrogen) atoms. The Labute approximate surface area is 207 Å². The maximum Gasteiger partial charge on any atom is 0.254 e. The number of halogens is 2. The summed E-state index contributed by atoms with van der Waals surface area (Å²) < 4.78 is 19.3. The molecule has 0 saturated carbocycles. The van der Waals surface area contributed by atoms with Crippen LogP contribution in [0.3, 0.4) is 0 Å². The number of hydrogen-bond donors (Lipinski definition) is 0. The second-order valence-electron chi connectivity index (χ2n) is 8.15. The van der Waals surface area contributed by atoms with Gasteiger partial charge in [-0.2, -0.15) is 0 Å². The van der Waals surface area contributed by atoms with Crippen LogP contribution in [0, 0.1) is 5.82 Å². The lowest BCUT2D eigenvalue weighted by molar-refractivity contribution is -0.135. The minimum atomic E-state index is -0.405. The van der Waals surface area contributed by atoms with Crippen molar-refractivity contribution < 1.29 is 18.7 Å². The average Bonchev–Trinajstić information content (AvgIpc) is 3.32. The summed E-state index contributed by atoms with van der Waals surface area (Å²) in [6.45, 7) is 3.21. The first-order chi connectivity index (χ1) is 16.5. The molecule has 0 fully saturated rings. The molecule has 0 bridgehead atoms. The molecule has 4 rings (SSSR count). The van der Waals surface area contributed by atoms with E-state index >= 15 is 0 Å². The molecular formula is C26H26ClFN2O3S. The van der Waals surface area contributed by atoms with E-state index in [-0.39, 0.29) is 24.4 Å². The predicted molar refractivity (Wildman–Crippen MR) is 132 cm³/mol. The number of thiophene rings is 1. The Morgan fingerprint density at radius 1 is 1.15 bits per heavy atom. The number of carbonyl (C=O) groups is 2. The molecule has 0 unspecified atom stereocenters. The molecule has 0 spiro atoms. The molecule has 8 heteroatoms. The van der Waals surface area contributed by atoms with Crippen LogP contribution in [0.2, 0.25) is 5.02 Å². The lowest BCUT2D eigenvalue weighted by Gasteiger charge is -2.37. The quantitative estimate of drug-likeness (QED) is 0.404. The van der Waals surface area contributed by atoms with Crippen molar-refractivity contribution in [2.45, 2.75) is 25.8 Å². The number of ether oxygens (including phenoxy) is 1. The molecular weight excluding hydrogens is 475 g/mol. The van der Waals surface area contributed by atoms with E-state index < -0.39 is 5.82 Å². The van der Waals surface area contributed by atoms with E-state index in [9.17, 15) is 14.0 Å². The normalized spacial score (nSPS) is 15.0. The van der Waals surface area contributed by atoms with Gasteiger partial charge in [-0.15, -0.1) is 11.3 Å². The molecule has 1 aliphatic rings. The van der Waals surface area contributed by atoms with E-state index in [1.165, 1.54) is 34.0 Å². The van der Waals surface area contributed by atoms with E-state index in [2.05, 4.69) is 0 Å². The summed E-state index contributed by atoms with van der Waals surface area (Å²) in [6.07, 6.45) is 1.48. The summed E-state index contributed by atoms with van der Waals surface area (Å²) in [5, 5.41) is 2.67. The van der Waals surface area contributed by atoms with Crippen molar-refractivity contribution in [2.24, 2.45) is 0 Å². The Bertz CT molecular complexity index is 1130. The second-order valence-corrected chi connectivity index (χ2v) is 9.59. The third-order valence-corrected chi connectivity index (χ3v) is 7.08. The molecule has 2 amide bonds. The number of fused-ring (bicyclic) bond motifs is 1. The monoisotopic (exact) mass is 500 g/mol. The fraction of sp³-hybridized carbons (Fsp3) is 0.308. The van der Waals surface area contributed by atoms with Gasteiger partial charge in [0.2, 0.25) is 5.91 Å². The molecule has 5 nitrogen and oxygen atoms in total. The van der Waals surface area contributed by atoms with Crippen molar-refractivity contribution in [1.82, 2.24) is 9.80 Å². The third kappa shape index (κ3) is 5.59. The minimum absolute atomic E-state index is 0.0407. The molecule has 0 saturated heterocycles. The summed E-state index contributed by atoms with van der Waals surface area (Å²) in [4.78, 5) is 31.1. The topological polar surface area (TPSA) is 49.9 Å². The number of benzene rings is 2. The average molecular weight is 501 g/mol. The molecule has 0 radical (unpaired) electrons. The van der Waals surface area contributed by atoms with Gasteiger partial charge in [-0.3, -0.25) is 9.59 Å². The van der Waals surface area contributed by atoms with Gasteiger partial charge in [0.15, 0.2) is 0 Å². The van der Waals surface area contributed by atoms with Crippen molar-refractivity contribution >= 4 is 34.8 Å². The van der Waals surface area contributed by atoms with Gasteiger partial charge in [0.1, 0.15) is 24.7 Å². The molecule has 0 N–H and O–H groups in total. The Balaban J connectivity index is 1.51. The summed E-state index contributed by atoms with van der Waals surface area (Å²) in [5.41, 5.74) is 1.45. The number of rotatable bonds is 8. The molecule has 1 aromatic heterocycles. The first-order valence-corrected chi connectivity index (χ1v) is 12.5. The van der Waals surface area contributed by atoms with Gasteiger partial charge < -0.3 is 14.5 Å². The second kappa shape index (κ2) is 11.0. The van der Waals surface area contributed by atoms with Crippen LogP contribution in [0.15, 0.2) is 60.0 Å². The van der Waals surface area contributed by atoms with Crippen molar-refractivity contribution in [3.63, 3.8) is 0 Å². The van der Waals surface area contributed by atoms with Gasteiger partial charge in [-0.1, -0.05) is 18.5 Å². The van der Waals surface area contributed by atoms with Crippen LogP contribution in [-0.2, 0) is 11.2 Å². The van der Waals surface area contributed by atoms with Crippen LogP contribution in [0.5, 0.6) is 5.75 Å². The zero-order valence-corrected chi connectivity index (χ0v) is 20.4. The Morgan fingerprint density at radius 2 is 1.88 bits per heavy atom. The molecule has 1 aliphatic heterocycles. The largest absolute Gasteiger partial charge is 0.491 e. The van der Waals surface area contributed by atoms with Crippen LogP contribution < -0.4 is 4.74 Å². The molecule has 3 aromatic rings. The highest BCUT2D eigenvalue weighted by Gasteiger charge is 2.33. The molecule has 0 aliphatic carbocycles. The summed E-state index contributed by atoms with van der Waals surface area (Å²) >= 11 is 7.66. The van der Waals surface area contributed by atoms with Gasteiger partial charge in [-0.25, -0.2) is 4.39 Å². The molecule has 2 heterocycles. The van der Waals surface area contributed by atoms with E-state index in [0.717, 1.165) is 12.0 Å². The third-order valence-electron chi connectivity index (χ3n) is 5.83. The Kier molecular flexibility index (Phi) is 7.85. The summed E-state index contributed by atoms with van der Waals surface area (Å²) in [6, 6.07) is 14.3.